The normalized spacial score (nSPS) is 9.91. The van der Waals surface area contributed by atoms with Crippen molar-refractivity contribution in [1.29, 1.82) is 0 Å². The Bertz CT molecular complexity index is 140. The molecule has 1 radical (unpaired) electrons. The largest absolute Gasteiger partial charge is 0.327 e. The number of allylic oxidation sites excluding steroid dienone is 1. The fourth-order valence-corrected chi connectivity index (χ4v) is 0.673. The Balaban J connectivity index is 3.59. The molecule has 0 rings (SSSR count). The summed E-state index contributed by atoms with van der Waals surface area (Å²) in [6, 6.07) is 0. The van der Waals surface area contributed by atoms with E-state index in [0.717, 1.165) is 6.42 Å². The first kappa shape index (κ1) is 9.95. The summed E-state index contributed by atoms with van der Waals surface area (Å²) in [4.78, 5) is 11.7. The van der Waals surface area contributed by atoms with E-state index in [1.807, 2.05) is 18.6 Å². The minimum absolute atomic E-state index is 0.567. The van der Waals surface area contributed by atoms with Crippen LogP contribution >= 0.6 is 0 Å². The molecule has 0 saturated heterocycles. The average Bonchev–Trinajstić information content (AvgIpc) is 2.03. The van der Waals surface area contributed by atoms with Crippen LogP contribution in [0.2, 0.25) is 0 Å². The lowest BCUT2D eigenvalue weighted by Gasteiger charge is -2.09. The first-order valence-electron chi connectivity index (χ1n) is 3.73. The molecular weight excluding hydrogens is 138 g/mol. The topological polar surface area (TPSA) is 20.3 Å². The predicted molar refractivity (Wildman–Crippen MR) is 46.9 cm³/mol. The number of hydrogen-bond acceptors (Lipinski definition) is 1. The molecule has 0 saturated carbocycles. The quantitative estimate of drug-likeness (QED) is 0.417. The molecule has 0 aliphatic carbocycles. The lowest BCUT2D eigenvalue weighted by molar-refractivity contribution is 0.437. The van der Waals surface area contributed by atoms with Crippen LogP contribution in [0, 0.1) is 0 Å². The Kier molecular flexibility index (Phi) is 6.39. The second kappa shape index (κ2) is 7.06. The molecule has 0 heterocycles. The van der Waals surface area contributed by atoms with Crippen LogP contribution in [0.4, 0.5) is 0 Å². The molecule has 0 unspecified atom stereocenters. The molecule has 1 amide bonds. The van der Waals surface area contributed by atoms with Gasteiger partial charge in [-0.2, -0.15) is 0 Å². The molecule has 11 heavy (non-hydrogen) atoms. The van der Waals surface area contributed by atoms with E-state index in [-0.39, 0.29) is 0 Å². The number of amides is 1. The summed E-state index contributed by atoms with van der Waals surface area (Å²) in [5, 5.41) is 0. The van der Waals surface area contributed by atoms with Crippen molar-refractivity contribution in [3.63, 3.8) is 0 Å². The first-order valence-corrected chi connectivity index (χ1v) is 3.73. The zero-order valence-corrected chi connectivity index (χ0v) is 6.92. The van der Waals surface area contributed by atoms with E-state index in [1.165, 1.54) is 4.90 Å². The van der Waals surface area contributed by atoms with Gasteiger partial charge >= 0.3 is 6.41 Å². The minimum atomic E-state index is 0.567. The van der Waals surface area contributed by atoms with E-state index in [2.05, 4.69) is 13.5 Å². The van der Waals surface area contributed by atoms with Gasteiger partial charge in [0, 0.05) is 13.1 Å². The summed E-state index contributed by atoms with van der Waals surface area (Å²) in [6.45, 7) is 6.78. The fourth-order valence-electron chi connectivity index (χ4n) is 0.673. The highest BCUT2D eigenvalue weighted by Gasteiger charge is 1.94. The molecule has 0 aliphatic rings. The summed E-state index contributed by atoms with van der Waals surface area (Å²) < 4.78 is 0. The average molecular weight is 152 g/mol. The molecule has 0 spiro atoms. The van der Waals surface area contributed by atoms with Crippen LogP contribution in [0.5, 0.6) is 0 Å². The standard InChI is InChI=1S/C9H14NO/c1-3-5-6-8-10(9-11)7-4-2/h4-6H,2-3,7-8H2,1H3. The molecule has 0 fully saturated rings. The van der Waals surface area contributed by atoms with E-state index < -0.39 is 0 Å². The molecule has 0 bridgehead atoms. The second-order valence-electron chi connectivity index (χ2n) is 2.16. The van der Waals surface area contributed by atoms with Crippen molar-refractivity contribution in [2.24, 2.45) is 0 Å². The van der Waals surface area contributed by atoms with Crippen molar-refractivity contribution >= 4 is 6.41 Å². The van der Waals surface area contributed by atoms with E-state index in [0.29, 0.717) is 13.1 Å². The maximum atomic E-state index is 10.2. The Hall–Kier alpha value is -1.05. The van der Waals surface area contributed by atoms with Crippen LogP contribution in [0.3, 0.4) is 0 Å². The zero-order valence-electron chi connectivity index (χ0n) is 6.92. The molecular formula is C9H14NO. The molecule has 0 N–H and O–H groups in total. The van der Waals surface area contributed by atoms with Crippen LogP contribution in [0.15, 0.2) is 24.8 Å². The summed E-state index contributed by atoms with van der Waals surface area (Å²) in [7, 11) is 0. The highest BCUT2D eigenvalue weighted by molar-refractivity contribution is 5.48. The smallest absolute Gasteiger partial charge is 0.312 e. The highest BCUT2D eigenvalue weighted by Crippen LogP contribution is 1.86. The van der Waals surface area contributed by atoms with E-state index >= 15 is 0 Å². The van der Waals surface area contributed by atoms with Gasteiger partial charge in [0.15, 0.2) is 0 Å². The van der Waals surface area contributed by atoms with E-state index in [1.54, 1.807) is 6.08 Å². The SMILES string of the molecule is C=CCN([C]=O)CC=CCC. The van der Waals surface area contributed by atoms with Crippen molar-refractivity contribution in [1.82, 2.24) is 4.90 Å². The van der Waals surface area contributed by atoms with Crippen LogP contribution < -0.4 is 0 Å². The van der Waals surface area contributed by atoms with Gasteiger partial charge in [0.25, 0.3) is 0 Å². The van der Waals surface area contributed by atoms with Gasteiger partial charge in [0.2, 0.25) is 0 Å². The summed E-state index contributed by atoms with van der Waals surface area (Å²) in [5.74, 6) is 0. The molecule has 0 aromatic carbocycles. The van der Waals surface area contributed by atoms with E-state index in [4.69, 9.17) is 0 Å². The van der Waals surface area contributed by atoms with Gasteiger partial charge in [-0.15, -0.1) is 6.58 Å². The molecule has 0 aliphatic heterocycles. The molecule has 0 aromatic heterocycles. The molecule has 2 nitrogen and oxygen atoms in total. The Morgan fingerprint density at radius 2 is 2.18 bits per heavy atom. The van der Waals surface area contributed by atoms with Gasteiger partial charge in [-0.05, 0) is 6.42 Å². The summed E-state index contributed by atoms with van der Waals surface area (Å²) in [6.07, 6.45) is 8.48. The third-order valence-corrected chi connectivity index (χ3v) is 1.21. The summed E-state index contributed by atoms with van der Waals surface area (Å²) in [5.41, 5.74) is 0. The number of nitrogens with zero attached hydrogens (tertiary/aromatic N) is 1. The highest BCUT2D eigenvalue weighted by atomic mass is 16.1. The predicted octanol–water partition coefficient (Wildman–Crippen LogP) is 1.51. The molecule has 0 aromatic rings. The van der Waals surface area contributed by atoms with E-state index in [9.17, 15) is 4.79 Å². The molecule has 61 valence electrons. The van der Waals surface area contributed by atoms with Crippen molar-refractivity contribution < 1.29 is 4.79 Å². The maximum Gasteiger partial charge on any atom is 0.312 e. The molecule has 0 atom stereocenters. The fraction of sp³-hybridized carbons (Fsp3) is 0.444. The van der Waals surface area contributed by atoms with Crippen LogP contribution in [-0.2, 0) is 4.79 Å². The third kappa shape index (κ3) is 5.40. The van der Waals surface area contributed by atoms with Crippen LogP contribution in [0.25, 0.3) is 0 Å². The van der Waals surface area contributed by atoms with Gasteiger partial charge in [0.05, 0.1) is 0 Å². The Labute approximate surface area is 68.2 Å². The van der Waals surface area contributed by atoms with Crippen molar-refractivity contribution in [2.45, 2.75) is 13.3 Å². The lowest BCUT2D eigenvalue weighted by atomic mass is 10.4. The van der Waals surface area contributed by atoms with Gasteiger partial charge < -0.3 is 4.90 Å². The number of carbonyl (C=O) groups excluding carboxylic acids is 1. The first-order chi connectivity index (χ1) is 5.35. The van der Waals surface area contributed by atoms with Crippen molar-refractivity contribution in [3.8, 4) is 0 Å². The van der Waals surface area contributed by atoms with Gasteiger partial charge in [-0.1, -0.05) is 25.2 Å². The van der Waals surface area contributed by atoms with Gasteiger partial charge in [-0.25, -0.2) is 0 Å². The molecule has 2 heteroatoms. The summed E-state index contributed by atoms with van der Waals surface area (Å²) >= 11 is 0. The Morgan fingerprint density at radius 3 is 2.64 bits per heavy atom. The zero-order chi connectivity index (χ0) is 8.53. The van der Waals surface area contributed by atoms with Gasteiger partial charge in [-0.3, -0.25) is 4.79 Å². The maximum absolute atomic E-state index is 10.2. The minimum Gasteiger partial charge on any atom is -0.327 e. The van der Waals surface area contributed by atoms with Crippen LogP contribution in [0.1, 0.15) is 13.3 Å². The Morgan fingerprint density at radius 1 is 1.45 bits per heavy atom. The lowest BCUT2D eigenvalue weighted by Crippen LogP contribution is -2.21. The number of rotatable bonds is 6. The van der Waals surface area contributed by atoms with Crippen LogP contribution in [-0.4, -0.2) is 24.4 Å². The van der Waals surface area contributed by atoms with Gasteiger partial charge in [0.1, 0.15) is 0 Å². The van der Waals surface area contributed by atoms with Crippen molar-refractivity contribution in [2.75, 3.05) is 13.1 Å². The van der Waals surface area contributed by atoms with Crippen molar-refractivity contribution in [3.05, 3.63) is 24.8 Å². The monoisotopic (exact) mass is 152 g/mol. The second-order valence-corrected chi connectivity index (χ2v) is 2.16. The number of hydrogen-bond donors (Lipinski definition) is 0. The third-order valence-electron chi connectivity index (χ3n) is 1.21.